The summed E-state index contributed by atoms with van der Waals surface area (Å²) in [4.78, 5) is 18.0. The number of benzene rings is 1. The number of aromatic nitrogens is 1. The van der Waals surface area contributed by atoms with Crippen LogP contribution in [0.15, 0.2) is 24.3 Å². The molecule has 5 heteroatoms. The average molecular weight is 359 g/mol. The van der Waals surface area contributed by atoms with Gasteiger partial charge in [-0.25, -0.2) is 9.78 Å². The highest BCUT2D eigenvalue weighted by molar-refractivity contribution is 7.16. The summed E-state index contributed by atoms with van der Waals surface area (Å²) < 4.78 is 5.02. The molecule has 2 aromatic rings. The van der Waals surface area contributed by atoms with Crippen molar-refractivity contribution in [2.75, 3.05) is 11.9 Å². The molecule has 0 spiro atoms. The van der Waals surface area contributed by atoms with E-state index < -0.39 is 0 Å². The van der Waals surface area contributed by atoms with Crippen LogP contribution in [0.3, 0.4) is 0 Å². The Balaban J connectivity index is 1.83. The number of fused-ring (bicyclic) bond motifs is 1. The molecule has 0 atom stereocenters. The van der Waals surface area contributed by atoms with Crippen LogP contribution < -0.4 is 5.32 Å². The van der Waals surface area contributed by atoms with E-state index in [9.17, 15) is 4.79 Å². The molecule has 1 N–H and O–H groups in total. The minimum absolute atomic E-state index is 0.120. The molecule has 1 aliphatic carbocycles. The number of nitrogens with one attached hydrogen (secondary N) is 1. The van der Waals surface area contributed by atoms with Crippen molar-refractivity contribution in [3.63, 3.8) is 0 Å². The molecule has 0 aliphatic heterocycles. The van der Waals surface area contributed by atoms with Gasteiger partial charge in [-0.3, -0.25) is 0 Å². The van der Waals surface area contributed by atoms with E-state index in [4.69, 9.17) is 9.72 Å². The summed E-state index contributed by atoms with van der Waals surface area (Å²) in [6.07, 6.45) is 2.34. The van der Waals surface area contributed by atoms with E-state index in [1.54, 1.807) is 30.4 Å². The molecule has 1 aromatic carbocycles. The van der Waals surface area contributed by atoms with Crippen LogP contribution in [0.5, 0.6) is 0 Å². The molecule has 0 bridgehead atoms. The Bertz CT molecular complexity index is 742. The van der Waals surface area contributed by atoms with Crippen LogP contribution in [0.25, 0.3) is 0 Å². The lowest BCUT2D eigenvalue weighted by molar-refractivity contribution is 0.0526. The second-order valence-electron chi connectivity index (χ2n) is 7.89. The highest BCUT2D eigenvalue weighted by Gasteiger charge is 2.40. The summed E-state index contributed by atoms with van der Waals surface area (Å²) >= 11 is 1.74. The maximum absolute atomic E-state index is 11.7. The van der Waals surface area contributed by atoms with E-state index in [2.05, 4.69) is 33.0 Å². The van der Waals surface area contributed by atoms with Crippen LogP contribution in [0.1, 0.15) is 68.4 Å². The molecule has 0 unspecified atom stereocenters. The van der Waals surface area contributed by atoms with Gasteiger partial charge in [0.25, 0.3) is 0 Å². The van der Waals surface area contributed by atoms with Gasteiger partial charge in [0, 0.05) is 21.4 Å². The van der Waals surface area contributed by atoms with Crippen molar-refractivity contribution < 1.29 is 9.53 Å². The Morgan fingerprint density at radius 3 is 2.40 bits per heavy atom. The summed E-state index contributed by atoms with van der Waals surface area (Å²) in [5, 5.41) is 4.30. The lowest BCUT2D eigenvalue weighted by Gasteiger charge is -2.37. The monoisotopic (exact) mass is 358 g/mol. The van der Waals surface area contributed by atoms with Gasteiger partial charge in [0.2, 0.25) is 0 Å². The second kappa shape index (κ2) is 6.45. The molecule has 0 saturated heterocycles. The average Bonchev–Trinajstić information content (AvgIpc) is 2.99. The summed E-state index contributed by atoms with van der Waals surface area (Å²) in [5.74, 6) is -0.290. The largest absolute Gasteiger partial charge is 0.462 e. The van der Waals surface area contributed by atoms with Crippen molar-refractivity contribution in [1.82, 2.24) is 4.98 Å². The molecule has 25 heavy (non-hydrogen) atoms. The SMILES string of the molecule is CCOC(=O)c1ccc(Nc2nc3c(s2)C(C)(C)CCC3(C)C)cc1. The predicted octanol–water partition coefficient (Wildman–Crippen LogP) is 5.41. The number of carbonyl (C=O) groups is 1. The molecule has 134 valence electrons. The first-order chi connectivity index (χ1) is 11.7. The molecule has 1 aromatic heterocycles. The van der Waals surface area contributed by atoms with E-state index in [1.165, 1.54) is 17.0 Å². The second-order valence-corrected chi connectivity index (χ2v) is 8.89. The number of thiazole rings is 1. The quantitative estimate of drug-likeness (QED) is 0.742. The van der Waals surface area contributed by atoms with Gasteiger partial charge in [0.15, 0.2) is 5.13 Å². The third-order valence-corrected chi connectivity index (χ3v) is 6.24. The first-order valence-corrected chi connectivity index (χ1v) is 9.60. The van der Waals surface area contributed by atoms with Crippen molar-refractivity contribution in [3.8, 4) is 0 Å². The van der Waals surface area contributed by atoms with Gasteiger partial charge in [-0.15, -0.1) is 11.3 Å². The van der Waals surface area contributed by atoms with Gasteiger partial charge in [0.05, 0.1) is 17.9 Å². The van der Waals surface area contributed by atoms with Gasteiger partial charge >= 0.3 is 5.97 Å². The topological polar surface area (TPSA) is 51.2 Å². The van der Waals surface area contributed by atoms with Gasteiger partial charge in [-0.2, -0.15) is 0 Å². The highest BCUT2D eigenvalue weighted by atomic mass is 32.1. The highest BCUT2D eigenvalue weighted by Crippen LogP contribution is 2.49. The number of hydrogen-bond donors (Lipinski definition) is 1. The van der Waals surface area contributed by atoms with Gasteiger partial charge in [0.1, 0.15) is 0 Å². The predicted molar refractivity (Wildman–Crippen MR) is 103 cm³/mol. The number of nitrogens with zero attached hydrogens (tertiary/aromatic N) is 1. The number of rotatable bonds is 4. The van der Waals surface area contributed by atoms with Crippen LogP contribution in [-0.4, -0.2) is 17.6 Å². The van der Waals surface area contributed by atoms with Crippen LogP contribution in [-0.2, 0) is 15.6 Å². The lowest BCUT2D eigenvalue weighted by Crippen LogP contribution is -2.32. The fourth-order valence-corrected chi connectivity index (χ4v) is 4.47. The normalized spacial score (nSPS) is 17.6. The zero-order valence-corrected chi connectivity index (χ0v) is 16.4. The molecule has 4 nitrogen and oxygen atoms in total. The van der Waals surface area contributed by atoms with Crippen LogP contribution in [0, 0.1) is 0 Å². The molecular formula is C20H26N2O2S. The van der Waals surface area contributed by atoms with Crippen LogP contribution in [0.4, 0.5) is 10.8 Å². The van der Waals surface area contributed by atoms with Crippen molar-refractivity contribution in [2.24, 2.45) is 0 Å². The third kappa shape index (κ3) is 3.56. The van der Waals surface area contributed by atoms with Crippen LogP contribution in [0.2, 0.25) is 0 Å². The number of esters is 1. The lowest BCUT2D eigenvalue weighted by atomic mass is 9.69. The molecule has 1 heterocycles. The summed E-state index contributed by atoms with van der Waals surface area (Å²) in [7, 11) is 0. The fourth-order valence-electron chi connectivity index (χ4n) is 3.18. The van der Waals surface area contributed by atoms with E-state index in [-0.39, 0.29) is 16.8 Å². The first kappa shape index (κ1) is 17.9. The van der Waals surface area contributed by atoms with Crippen molar-refractivity contribution in [2.45, 2.75) is 58.3 Å². The van der Waals surface area contributed by atoms with Crippen LogP contribution >= 0.6 is 11.3 Å². The van der Waals surface area contributed by atoms with E-state index >= 15 is 0 Å². The van der Waals surface area contributed by atoms with Gasteiger partial charge < -0.3 is 10.1 Å². The van der Waals surface area contributed by atoms with Crippen molar-refractivity contribution in [3.05, 3.63) is 40.4 Å². The standard InChI is InChI=1S/C20H26N2O2S/c1-6-24-17(23)13-7-9-14(10-8-13)21-18-22-15-16(25-18)20(4,5)12-11-19(15,2)3/h7-10H,6,11-12H2,1-5H3,(H,21,22). The smallest absolute Gasteiger partial charge is 0.338 e. The Kier molecular flexibility index (Phi) is 4.62. The molecule has 0 fully saturated rings. The third-order valence-electron chi connectivity index (χ3n) is 4.91. The number of ether oxygens (including phenoxy) is 1. The number of hydrogen-bond acceptors (Lipinski definition) is 5. The minimum atomic E-state index is -0.290. The first-order valence-electron chi connectivity index (χ1n) is 8.79. The Labute approximate surface area is 153 Å². The maximum Gasteiger partial charge on any atom is 0.338 e. The number of carbonyl (C=O) groups excluding carboxylic acids is 1. The zero-order valence-electron chi connectivity index (χ0n) is 15.6. The molecular weight excluding hydrogens is 332 g/mol. The summed E-state index contributed by atoms with van der Waals surface area (Å²) in [5.41, 5.74) is 3.01. The van der Waals surface area contributed by atoms with E-state index in [1.807, 2.05) is 12.1 Å². The van der Waals surface area contributed by atoms with E-state index in [0.717, 1.165) is 17.2 Å². The molecule has 0 radical (unpaired) electrons. The Morgan fingerprint density at radius 2 is 1.80 bits per heavy atom. The Hall–Kier alpha value is -1.88. The molecule has 0 amide bonds. The summed E-state index contributed by atoms with van der Waals surface area (Å²) in [6, 6.07) is 7.34. The van der Waals surface area contributed by atoms with Gasteiger partial charge in [-0.05, 0) is 44.0 Å². The molecule has 1 aliphatic rings. The summed E-state index contributed by atoms with van der Waals surface area (Å²) in [6.45, 7) is 11.3. The van der Waals surface area contributed by atoms with Crippen molar-refractivity contribution in [1.29, 1.82) is 0 Å². The fraction of sp³-hybridized carbons (Fsp3) is 0.500. The molecule has 3 rings (SSSR count). The van der Waals surface area contributed by atoms with E-state index in [0.29, 0.717) is 12.2 Å². The van der Waals surface area contributed by atoms with Gasteiger partial charge in [-0.1, -0.05) is 27.7 Å². The minimum Gasteiger partial charge on any atom is -0.462 e. The maximum atomic E-state index is 11.7. The number of anilines is 2. The molecule has 0 saturated carbocycles. The van der Waals surface area contributed by atoms with Crippen molar-refractivity contribution >= 4 is 28.1 Å². The zero-order chi connectivity index (χ0) is 18.2. The Morgan fingerprint density at radius 1 is 1.16 bits per heavy atom.